The van der Waals surface area contributed by atoms with Gasteiger partial charge in [-0.05, 0) is 0 Å². The minimum Gasteiger partial charge on any atom is -0.480 e. The lowest BCUT2D eigenvalue weighted by Crippen LogP contribution is -2.41. The molecule has 0 amide bonds. The molecule has 0 radical (unpaired) electrons. The quantitative estimate of drug-likeness (QED) is 0.313. The lowest BCUT2D eigenvalue weighted by molar-refractivity contribution is -0.138. The van der Waals surface area contributed by atoms with Gasteiger partial charge in [0.15, 0.2) is 0 Å². The van der Waals surface area contributed by atoms with E-state index in [0.29, 0.717) is 0 Å². The molecule has 0 spiro atoms. The van der Waals surface area contributed by atoms with Crippen molar-refractivity contribution in [1.82, 2.24) is 9.55 Å². The van der Waals surface area contributed by atoms with Gasteiger partial charge in [0.2, 0.25) is 0 Å². The number of H-pyrrole nitrogens is 1. The number of aliphatic hydroxyl groups excluding tert-OH is 3. The Hall–Kier alpha value is -2.05. The van der Waals surface area contributed by atoms with E-state index >= 15 is 0 Å². The van der Waals surface area contributed by atoms with Crippen molar-refractivity contribution < 1.29 is 30.0 Å². The number of nitrogens with two attached hydrogens (primary N) is 1. The third-order valence-corrected chi connectivity index (χ3v) is 3.60. The SMILES string of the molecule is NC(Cn1cc([C@@H]2O[C@H](CO)[C@@H](O)[C@H]2O)c(=O)[nH]c1=O)C(=O)O. The molecule has 1 aliphatic heterocycles. The summed E-state index contributed by atoms with van der Waals surface area (Å²) in [7, 11) is 0. The van der Waals surface area contributed by atoms with E-state index < -0.39 is 60.8 Å². The molecule has 11 heteroatoms. The molecule has 11 nitrogen and oxygen atoms in total. The van der Waals surface area contributed by atoms with Crippen LogP contribution in [0.15, 0.2) is 15.8 Å². The molecule has 0 bridgehead atoms. The van der Waals surface area contributed by atoms with E-state index in [2.05, 4.69) is 0 Å². The highest BCUT2D eigenvalue weighted by Gasteiger charge is 2.44. The molecular weight excluding hydrogens is 314 g/mol. The first kappa shape index (κ1) is 17.3. The average Bonchev–Trinajstić information content (AvgIpc) is 2.77. The largest absolute Gasteiger partial charge is 0.480 e. The van der Waals surface area contributed by atoms with E-state index in [1.807, 2.05) is 4.98 Å². The minimum absolute atomic E-state index is 0.190. The number of nitrogens with zero attached hydrogens (tertiary/aromatic N) is 1. The Labute approximate surface area is 128 Å². The number of aliphatic carboxylic acids is 1. The molecule has 2 rings (SSSR count). The third kappa shape index (κ3) is 3.33. The third-order valence-electron chi connectivity index (χ3n) is 3.60. The maximum Gasteiger partial charge on any atom is 0.328 e. The first-order chi connectivity index (χ1) is 10.8. The Balaban J connectivity index is 2.38. The fourth-order valence-corrected chi connectivity index (χ4v) is 2.31. The van der Waals surface area contributed by atoms with E-state index in [9.17, 15) is 24.6 Å². The first-order valence-corrected chi connectivity index (χ1v) is 6.70. The zero-order valence-corrected chi connectivity index (χ0v) is 11.8. The number of aliphatic hydroxyl groups is 3. The maximum atomic E-state index is 11.9. The summed E-state index contributed by atoms with van der Waals surface area (Å²) in [5, 5.41) is 37.5. The molecule has 1 aromatic rings. The molecule has 5 atom stereocenters. The van der Waals surface area contributed by atoms with Gasteiger partial charge in [-0.1, -0.05) is 0 Å². The first-order valence-electron chi connectivity index (χ1n) is 6.70. The van der Waals surface area contributed by atoms with Gasteiger partial charge in [-0.3, -0.25) is 19.1 Å². The number of nitrogens with one attached hydrogen (secondary N) is 1. The van der Waals surface area contributed by atoms with E-state index in [-0.39, 0.29) is 5.56 Å². The lowest BCUT2D eigenvalue weighted by Gasteiger charge is -2.16. The Morgan fingerprint density at radius 1 is 1.39 bits per heavy atom. The lowest BCUT2D eigenvalue weighted by atomic mass is 10.0. The van der Waals surface area contributed by atoms with Gasteiger partial charge in [0.05, 0.1) is 18.7 Å². The van der Waals surface area contributed by atoms with Crippen LogP contribution in [0.1, 0.15) is 11.7 Å². The molecule has 1 aliphatic rings. The summed E-state index contributed by atoms with van der Waals surface area (Å²) in [6.45, 7) is -0.983. The predicted molar refractivity (Wildman–Crippen MR) is 73.6 cm³/mol. The van der Waals surface area contributed by atoms with E-state index in [0.717, 1.165) is 10.8 Å². The van der Waals surface area contributed by atoms with Gasteiger partial charge in [0.25, 0.3) is 5.56 Å². The number of hydrogen-bond acceptors (Lipinski definition) is 8. The van der Waals surface area contributed by atoms with Crippen molar-refractivity contribution in [2.75, 3.05) is 6.61 Å². The van der Waals surface area contributed by atoms with Crippen molar-refractivity contribution in [3.8, 4) is 0 Å². The van der Waals surface area contributed by atoms with Crippen molar-refractivity contribution in [3.63, 3.8) is 0 Å². The van der Waals surface area contributed by atoms with E-state index in [1.54, 1.807) is 0 Å². The van der Waals surface area contributed by atoms with Crippen LogP contribution in [0.5, 0.6) is 0 Å². The van der Waals surface area contributed by atoms with Crippen LogP contribution >= 0.6 is 0 Å². The Bertz CT molecular complexity index is 698. The maximum absolute atomic E-state index is 11.9. The molecular formula is C12H17N3O8. The van der Waals surface area contributed by atoms with Crippen LogP contribution in [-0.4, -0.2) is 66.9 Å². The summed E-state index contributed by atoms with van der Waals surface area (Å²) in [6, 6.07) is -1.38. The van der Waals surface area contributed by atoms with Gasteiger partial charge >= 0.3 is 11.7 Å². The normalized spacial score (nSPS) is 28.7. The average molecular weight is 331 g/mol. The summed E-state index contributed by atoms with van der Waals surface area (Å²) in [6.07, 6.45) is -4.25. The molecule has 0 aromatic carbocycles. The highest BCUT2D eigenvalue weighted by Crippen LogP contribution is 2.31. The number of hydrogen-bond donors (Lipinski definition) is 6. The summed E-state index contributed by atoms with van der Waals surface area (Å²) >= 11 is 0. The Kier molecular flexibility index (Phi) is 4.97. The monoisotopic (exact) mass is 331 g/mol. The minimum atomic E-state index is -1.49. The number of carboxylic acid groups (broad SMARTS) is 1. The summed E-state index contributed by atoms with van der Waals surface area (Å²) < 4.78 is 6.08. The summed E-state index contributed by atoms with van der Waals surface area (Å²) in [5.41, 5.74) is 3.43. The Morgan fingerprint density at radius 3 is 2.57 bits per heavy atom. The van der Waals surface area contributed by atoms with Crippen molar-refractivity contribution in [2.24, 2.45) is 5.73 Å². The van der Waals surface area contributed by atoms with Crippen LogP contribution < -0.4 is 17.0 Å². The molecule has 1 unspecified atom stereocenters. The highest BCUT2D eigenvalue weighted by atomic mass is 16.6. The van der Waals surface area contributed by atoms with Gasteiger partial charge < -0.3 is 30.9 Å². The van der Waals surface area contributed by atoms with Gasteiger partial charge in [-0.2, -0.15) is 0 Å². The molecule has 0 saturated carbocycles. The van der Waals surface area contributed by atoms with Crippen molar-refractivity contribution >= 4 is 5.97 Å². The topological polar surface area (TPSA) is 188 Å². The van der Waals surface area contributed by atoms with Crippen LogP contribution in [0.25, 0.3) is 0 Å². The number of aromatic amines is 1. The van der Waals surface area contributed by atoms with Gasteiger partial charge in [0, 0.05) is 6.20 Å². The van der Waals surface area contributed by atoms with Crippen LogP contribution in [-0.2, 0) is 16.1 Å². The molecule has 128 valence electrons. The molecule has 1 aromatic heterocycles. The number of rotatable bonds is 5. The van der Waals surface area contributed by atoms with Crippen molar-refractivity contribution in [1.29, 1.82) is 0 Å². The molecule has 23 heavy (non-hydrogen) atoms. The molecule has 1 saturated heterocycles. The summed E-state index contributed by atoms with van der Waals surface area (Å²) in [5.74, 6) is -1.34. The second-order valence-electron chi connectivity index (χ2n) is 5.20. The fourth-order valence-electron chi connectivity index (χ4n) is 2.31. The second kappa shape index (κ2) is 6.60. The predicted octanol–water partition coefficient (Wildman–Crippen LogP) is -3.90. The van der Waals surface area contributed by atoms with Crippen molar-refractivity contribution in [2.45, 2.75) is 37.0 Å². The van der Waals surface area contributed by atoms with Crippen LogP contribution in [0, 0.1) is 0 Å². The molecule has 2 heterocycles. The molecule has 1 fully saturated rings. The number of carboxylic acids is 1. The Morgan fingerprint density at radius 2 is 2.04 bits per heavy atom. The summed E-state index contributed by atoms with van der Waals surface area (Å²) in [4.78, 5) is 36.3. The fraction of sp³-hybridized carbons (Fsp3) is 0.583. The van der Waals surface area contributed by atoms with E-state index in [1.165, 1.54) is 0 Å². The number of carbonyl (C=O) groups is 1. The smallest absolute Gasteiger partial charge is 0.328 e. The second-order valence-corrected chi connectivity index (χ2v) is 5.20. The van der Waals surface area contributed by atoms with Crippen LogP contribution in [0.3, 0.4) is 0 Å². The molecule has 0 aliphatic carbocycles. The van der Waals surface area contributed by atoms with Gasteiger partial charge in [-0.25, -0.2) is 4.79 Å². The highest BCUT2D eigenvalue weighted by molar-refractivity contribution is 5.72. The van der Waals surface area contributed by atoms with Crippen molar-refractivity contribution in [3.05, 3.63) is 32.6 Å². The standard InChI is InChI=1S/C12H17N3O8/c13-5(11(20)21)2-15-1-4(10(19)14-12(15)22)9-8(18)7(17)6(3-16)23-9/h1,5-9,16-18H,2-3,13H2,(H,20,21)(H,14,19,22)/t5?,6-,7-,8-,9+/m1/s1. The van der Waals surface area contributed by atoms with Gasteiger partial charge in [-0.15, -0.1) is 0 Å². The zero-order valence-electron chi connectivity index (χ0n) is 11.8. The molecule has 7 N–H and O–H groups in total. The number of ether oxygens (including phenoxy) is 1. The van der Waals surface area contributed by atoms with E-state index in [4.69, 9.17) is 20.7 Å². The zero-order chi connectivity index (χ0) is 17.3. The van der Waals surface area contributed by atoms with Crippen LogP contribution in [0.2, 0.25) is 0 Å². The van der Waals surface area contributed by atoms with Gasteiger partial charge in [0.1, 0.15) is 30.5 Å². The number of aromatic nitrogens is 2. The van der Waals surface area contributed by atoms with Crippen LogP contribution in [0.4, 0.5) is 0 Å².